The first kappa shape index (κ1) is 55.1. The molecule has 1 aromatic carbocycles. The largest absolute Gasteiger partial charge is 0.461 e. The van der Waals surface area contributed by atoms with Gasteiger partial charge in [0.1, 0.15) is 54.3 Å². The highest BCUT2D eigenvalue weighted by Crippen LogP contribution is 2.45. The number of hydrogen-bond donors (Lipinski definition) is 0. The maximum Gasteiger partial charge on any atom is 0.425 e. The van der Waals surface area contributed by atoms with Gasteiger partial charge < -0.3 is 23.8 Å². The SMILES string of the molecule is C=C1CN2CC(=C)CC2(COc2nc(N3CC4CCC(C3)N4C(=O)OC(C)(C)C)c3cnc(-c4cc(N(C(=O)OC(C)(C)C)C(=O)OC(C)(C)C)nc5cccc(C#C[Si](C(C)C)(C(C)C)C(C)C)c45)c(F)c3n2)C1. The van der Waals surface area contributed by atoms with Crippen LogP contribution in [0, 0.1) is 17.3 Å². The van der Waals surface area contributed by atoms with Crippen molar-refractivity contribution in [2.45, 2.75) is 181 Å². The number of fused-ring (bicyclic) bond motifs is 5. The monoisotopic (exact) mass is 1040 g/mol. The van der Waals surface area contributed by atoms with E-state index in [9.17, 15) is 14.4 Å². The van der Waals surface area contributed by atoms with Crippen molar-refractivity contribution in [3.63, 3.8) is 0 Å². The second-order valence-corrected chi connectivity index (χ2v) is 30.7. The van der Waals surface area contributed by atoms with Crippen LogP contribution < -0.4 is 14.5 Å². The minimum atomic E-state index is -2.32. The summed E-state index contributed by atoms with van der Waals surface area (Å²) in [5, 5.41) is 0.802. The van der Waals surface area contributed by atoms with Gasteiger partial charge in [-0.3, -0.25) is 14.8 Å². The number of piperazine rings is 1. The molecule has 75 heavy (non-hydrogen) atoms. The first-order valence-electron chi connectivity index (χ1n) is 26.5. The van der Waals surface area contributed by atoms with Crippen LogP contribution in [-0.2, 0) is 14.2 Å². The Balaban J connectivity index is 1.35. The Bertz CT molecular complexity index is 2930. The molecule has 3 amide bonds. The van der Waals surface area contributed by atoms with Gasteiger partial charge in [0.05, 0.1) is 28.5 Å². The molecule has 0 aliphatic carbocycles. The molecule has 0 saturated carbocycles. The average molecular weight is 1050 g/mol. The molecule has 4 aromatic rings. The topological polar surface area (TPSA) is 153 Å². The predicted molar refractivity (Wildman–Crippen MR) is 295 cm³/mol. The third-order valence-electron chi connectivity index (χ3n) is 14.9. The molecule has 2 bridgehead atoms. The summed E-state index contributed by atoms with van der Waals surface area (Å²) in [5.74, 6) is 3.03. The van der Waals surface area contributed by atoms with Crippen molar-refractivity contribution in [2.24, 2.45) is 0 Å². The van der Waals surface area contributed by atoms with Crippen LogP contribution in [0.2, 0.25) is 16.6 Å². The molecule has 2 atom stereocenters. The maximum atomic E-state index is 18.5. The number of halogens is 1. The van der Waals surface area contributed by atoms with E-state index in [4.69, 9.17) is 38.9 Å². The fourth-order valence-corrected chi connectivity index (χ4v) is 17.2. The molecule has 402 valence electrons. The van der Waals surface area contributed by atoms with E-state index >= 15 is 4.39 Å². The number of benzene rings is 1. The van der Waals surface area contributed by atoms with Gasteiger partial charge in [0.15, 0.2) is 5.82 Å². The minimum absolute atomic E-state index is 0.0231. The Labute approximate surface area is 443 Å². The van der Waals surface area contributed by atoms with Gasteiger partial charge >= 0.3 is 24.3 Å². The molecule has 8 rings (SSSR count). The van der Waals surface area contributed by atoms with Gasteiger partial charge in [-0.05, 0) is 123 Å². The third-order valence-corrected chi connectivity index (χ3v) is 21.2. The van der Waals surface area contributed by atoms with Crippen molar-refractivity contribution in [1.29, 1.82) is 0 Å². The summed E-state index contributed by atoms with van der Waals surface area (Å²) < 4.78 is 42.6. The van der Waals surface area contributed by atoms with Crippen molar-refractivity contribution in [3.05, 3.63) is 66.1 Å². The first-order chi connectivity index (χ1) is 34.9. The molecular formula is C58H77FN8O7Si. The van der Waals surface area contributed by atoms with Crippen molar-refractivity contribution in [1.82, 2.24) is 29.7 Å². The number of carbonyl (C=O) groups is 3. The number of anilines is 2. The van der Waals surface area contributed by atoms with E-state index in [1.165, 1.54) is 6.07 Å². The lowest BCUT2D eigenvalue weighted by atomic mass is 9.92. The number of ether oxygens (including phenoxy) is 4. The number of nitrogens with zero attached hydrogens (tertiary/aromatic N) is 8. The quantitative estimate of drug-likeness (QED) is 0.0677. The molecule has 2 unspecified atom stereocenters. The molecular weight excluding hydrogens is 968 g/mol. The van der Waals surface area contributed by atoms with E-state index in [2.05, 4.69) is 76.0 Å². The lowest BCUT2D eigenvalue weighted by molar-refractivity contribution is 0.0122. The van der Waals surface area contributed by atoms with Gasteiger partial charge in [-0.2, -0.15) is 14.9 Å². The molecule has 4 aliphatic heterocycles. The lowest BCUT2D eigenvalue weighted by Crippen LogP contribution is -2.57. The summed E-state index contributed by atoms with van der Waals surface area (Å²) in [4.78, 5) is 68.8. The molecule has 4 saturated heterocycles. The minimum Gasteiger partial charge on any atom is -0.461 e. The Morgan fingerprint density at radius 1 is 0.827 bits per heavy atom. The summed E-state index contributed by atoms with van der Waals surface area (Å²) in [5.41, 5.74) is 4.82. The van der Waals surface area contributed by atoms with E-state index in [0.717, 1.165) is 42.0 Å². The maximum absolute atomic E-state index is 18.5. The van der Waals surface area contributed by atoms with Crippen molar-refractivity contribution in [3.8, 4) is 28.7 Å². The molecule has 4 aliphatic rings. The highest BCUT2D eigenvalue weighted by Gasteiger charge is 2.49. The summed E-state index contributed by atoms with van der Waals surface area (Å²) in [7, 11) is -2.32. The number of pyridine rings is 2. The molecule has 0 spiro atoms. The normalized spacial score (nSPS) is 19.0. The van der Waals surface area contributed by atoms with Crippen LogP contribution in [0.3, 0.4) is 0 Å². The highest BCUT2D eigenvalue weighted by molar-refractivity contribution is 6.90. The first-order valence-corrected chi connectivity index (χ1v) is 28.7. The van der Waals surface area contributed by atoms with E-state index in [1.54, 1.807) is 53.8 Å². The van der Waals surface area contributed by atoms with Gasteiger partial charge in [0.2, 0.25) is 0 Å². The van der Waals surface area contributed by atoms with Crippen LogP contribution in [0.15, 0.2) is 54.8 Å². The zero-order valence-electron chi connectivity index (χ0n) is 46.9. The smallest absolute Gasteiger partial charge is 0.425 e. The van der Waals surface area contributed by atoms with Gasteiger partial charge in [-0.25, -0.2) is 23.8 Å². The molecule has 15 nitrogen and oxygen atoms in total. The van der Waals surface area contributed by atoms with E-state index in [1.807, 2.05) is 37.8 Å². The molecule has 4 fully saturated rings. The Kier molecular flexibility index (Phi) is 14.8. The van der Waals surface area contributed by atoms with E-state index < -0.39 is 48.4 Å². The molecule has 7 heterocycles. The Morgan fingerprint density at radius 2 is 1.39 bits per heavy atom. The van der Waals surface area contributed by atoms with E-state index in [-0.39, 0.29) is 53.4 Å². The van der Waals surface area contributed by atoms with E-state index in [0.29, 0.717) is 70.2 Å². The number of hydrogen-bond acceptors (Lipinski definition) is 13. The summed E-state index contributed by atoms with van der Waals surface area (Å²) in [6.45, 7) is 40.2. The van der Waals surface area contributed by atoms with Crippen LogP contribution >= 0.6 is 0 Å². The number of imide groups is 1. The zero-order valence-corrected chi connectivity index (χ0v) is 47.9. The van der Waals surface area contributed by atoms with Crippen LogP contribution in [-0.4, -0.2) is 123 Å². The molecule has 0 N–H and O–H groups in total. The second-order valence-electron chi connectivity index (χ2n) is 25.1. The Morgan fingerprint density at radius 3 is 1.92 bits per heavy atom. The average Bonchev–Trinajstić information content (AvgIpc) is 3.85. The number of amides is 3. The summed E-state index contributed by atoms with van der Waals surface area (Å²) in [6, 6.07) is 6.51. The van der Waals surface area contributed by atoms with Gasteiger partial charge in [0.25, 0.3) is 0 Å². The highest BCUT2D eigenvalue weighted by atomic mass is 28.3. The Hall–Kier alpha value is -6.12. The second kappa shape index (κ2) is 20.1. The fourth-order valence-electron chi connectivity index (χ4n) is 12.0. The van der Waals surface area contributed by atoms with Gasteiger partial charge in [-0.15, -0.1) is 5.54 Å². The number of aromatic nitrogens is 4. The standard InChI is InChI=1S/C58H77FN8O7Si/c1-34(2)75(35(3)4,36(5)6)24-23-39-19-18-20-44-46(39)42(25-45(61-44)67(53(69)73-56(12,13)14)54(70)74-57(15,16)17)48-47(59)49-43(28-60-48)50(64-31-40-21-22-41(32-64)66(40)52(68)72-55(9,10)11)63-51(62-49)71-33-58-26-37(7)29-65(58)30-38(8)27-58/h18-20,25,28,34-36,40-41H,7-8,21-22,26-27,29-33H2,1-6,9-17H3. The van der Waals surface area contributed by atoms with Crippen LogP contribution in [0.5, 0.6) is 6.01 Å². The van der Waals surface area contributed by atoms with Crippen LogP contribution in [0.25, 0.3) is 33.1 Å². The molecule has 0 radical (unpaired) electrons. The van der Waals surface area contributed by atoms with Crippen molar-refractivity contribution >= 4 is 59.8 Å². The fraction of sp³-hybridized carbons (Fsp3) is 0.569. The van der Waals surface area contributed by atoms with Crippen LogP contribution in [0.4, 0.5) is 30.4 Å². The predicted octanol–water partition coefficient (Wildman–Crippen LogP) is 12.6. The third kappa shape index (κ3) is 11.1. The van der Waals surface area contributed by atoms with Crippen LogP contribution in [0.1, 0.15) is 135 Å². The number of rotatable bonds is 9. The van der Waals surface area contributed by atoms with Gasteiger partial charge in [0, 0.05) is 48.9 Å². The number of carbonyl (C=O) groups excluding carboxylic acids is 3. The van der Waals surface area contributed by atoms with Crippen molar-refractivity contribution < 1.29 is 37.7 Å². The summed E-state index contributed by atoms with van der Waals surface area (Å²) in [6.07, 6.45) is 2.08. The molecule has 17 heteroatoms. The zero-order chi connectivity index (χ0) is 54.9. The lowest BCUT2D eigenvalue weighted by Gasteiger charge is -2.42. The summed E-state index contributed by atoms with van der Waals surface area (Å²) >= 11 is 0. The van der Waals surface area contributed by atoms with Gasteiger partial charge in [-0.1, -0.05) is 77.8 Å². The van der Waals surface area contributed by atoms with Crippen molar-refractivity contribution in [2.75, 3.05) is 42.6 Å². The molecule has 3 aromatic heterocycles.